The van der Waals surface area contributed by atoms with Crippen LogP contribution in [0.15, 0.2) is 23.8 Å². The predicted octanol–water partition coefficient (Wildman–Crippen LogP) is 4.41. The summed E-state index contributed by atoms with van der Waals surface area (Å²) in [6, 6.07) is 0. The number of hydrogen-bond donors (Lipinski definition) is 1. The lowest BCUT2D eigenvalue weighted by Gasteiger charge is -2.57. The molecule has 4 aliphatic rings. The van der Waals surface area contributed by atoms with Crippen LogP contribution in [0.5, 0.6) is 0 Å². The lowest BCUT2D eigenvalue weighted by molar-refractivity contribution is -0.145. The molecule has 2 saturated carbocycles. The fourth-order valence-electron chi connectivity index (χ4n) is 6.68. The topological polar surface area (TPSA) is 46.5 Å². The van der Waals surface area contributed by atoms with Crippen molar-refractivity contribution in [3.8, 4) is 0 Å². The zero-order chi connectivity index (χ0) is 18.0. The Labute approximate surface area is 151 Å². The van der Waals surface area contributed by atoms with Gasteiger partial charge in [-0.1, -0.05) is 26.0 Å². The first-order chi connectivity index (χ1) is 11.7. The number of allylic oxidation sites excluding steroid dienone is 3. The Hall–Kier alpha value is -1.09. The molecule has 2 fully saturated rings. The number of rotatable bonds is 1. The van der Waals surface area contributed by atoms with Gasteiger partial charge >= 0.3 is 5.97 Å². The van der Waals surface area contributed by atoms with Crippen LogP contribution in [-0.2, 0) is 9.53 Å². The van der Waals surface area contributed by atoms with Gasteiger partial charge in [-0.2, -0.15) is 0 Å². The van der Waals surface area contributed by atoms with E-state index in [1.807, 2.05) is 0 Å². The highest BCUT2D eigenvalue weighted by molar-refractivity contribution is 5.66. The number of ether oxygens (including phenoxy) is 1. The number of esters is 1. The second kappa shape index (κ2) is 5.45. The summed E-state index contributed by atoms with van der Waals surface area (Å²) < 4.78 is 5.45. The first kappa shape index (κ1) is 17.3. The molecule has 0 amide bonds. The first-order valence-corrected chi connectivity index (χ1v) is 9.97. The highest BCUT2D eigenvalue weighted by Gasteiger charge is 2.61. The second-order valence-corrected chi connectivity index (χ2v) is 9.64. The monoisotopic (exact) mass is 344 g/mol. The molecular weight excluding hydrogens is 312 g/mol. The molecule has 0 spiro atoms. The SMILES string of the molecule is CC(=O)O[C@H]1C=C2C=C[C@@H]3[C@H](CC[C@@]4(C)[C@H]3CC[C@]4(C)O)[C@@]2(C)CC1. The molecule has 4 rings (SSSR count). The van der Waals surface area contributed by atoms with Gasteiger partial charge in [-0.3, -0.25) is 4.79 Å². The van der Waals surface area contributed by atoms with Crippen LogP contribution in [0.4, 0.5) is 0 Å². The van der Waals surface area contributed by atoms with Crippen molar-refractivity contribution in [2.75, 3.05) is 0 Å². The maximum absolute atomic E-state index is 11.3. The molecule has 138 valence electrons. The maximum Gasteiger partial charge on any atom is 0.303 e. The molecule has 0 aliphatic heterocycles. The van der Waals surface area contributed by atoms with Crippen LogP contribution in [0.2, 0.25) is 0 Å². The Morgan fingerprint density at radius 3 is 2.56 bits per heavy atom. The van der Waals surface area contributed by atoms with E-state index in [0.29, 0.717) is 17.8 Å². The summed E-state index contributed by atoms with van der Waals surface area (Å²) in [7, 11) is 0. The minimum atomic E-state index is -0.527. The summed E-state index contributed by atoms with van der Waals surface area (Å²) in [5.41, 5.74) is 1.07. The van der Waals surface area contributed by atoms with Crippen molar-refractivity contribution < 1.29 is 14.6 Å². The normalized spacial score (nSPS) is 51.2. The molecule has 1 N–H and O–H groups in total. The standard InChI is InChI=1S/C22H32O3/c1-14(23)25-16-7-10-20(2)15(13-16)5-6-17-18(20)8-11-21(3)19(17)9-12-22(21,4)24/h5-6,13,16-19,24H,7-12H2,1-4H3/t16-,17-,18+,19+,20+,21+,22+/m1/s1. The third-order valence-corrected chi connectivity index (χ3v) is 8.50. The van der Waals surface area contributed by atoms with Gasteiger partial charge in [0.15, 0.2) is 0 Å². The Kier molecular flexibility index (Phi) is 3.78. The number of hydrogen-bond acceptors (Lipinski definition) is 3. The summed E-state index contributed by atoms with van der Waals surface area (Å²) in [5.74, 6) is 1.61. The van der Waals surface area contributed by atoms with Gasteiger partial charge in [0, 0.05) is 6.92 Å². The lowest BCUT2D eigenvalue weighted by Crippen LogP contribution is -2.53. The number of carbonyl (C=O) groups excluding carboxylic acids is 1. The van der Waals surface area contributed by atoms with Crippen molar-refractivity contribution in [1.82, 2.24) is 0 Å². The van der Waals surface area contributed by atoms with Crippen molar-refractivity contribution in [3.63, 3.8) is 0 Å². The van der Waals surface area contributed by atoms with Crippen molar-refractivity contribution in [1.29, 1.82) is 0 Å². The fourth-order valence-corrected chi connectivity index (χ4v) is 6.68. The van der Waals surface area contributed by atoms with Crippen LogP contribution in [-0.4, -0.2) is 22.8 Å². The molecule has 3 nitrogen and oxygen atoms in total. The minimum Gasteiger partial charge on any atom is -0.458 e. The molecule has 25 heavy (non-hydrogen) atoms. The van der Waals surface area contributed by atoms with E-state index in [-0.39, 0.29) is 22.9 Å². The molecule has 7 atom stereocenters. The number of carbonyl (C=O) groups is 1. The first-order valence-electron chi connectivity index (χ1n) is 9.97. The van der Waals surface area contributed by atoms with Crippen molar-refractivity contribution >= 4 is 5.97 Å². The largest absolute Gasteiger partial charge is 0.458 e. The molecule has 0 heterocycles. The lowest BCUT2D eigenvalue weighted by atomic mass is 9.48. The minimum absolute atomic E-state index is 0.0467. The highest BCUT2D eigenvalue weighted by Crippen LogP contribution is 2.66. The van der Waals surface area contributed by atoms with E-state index in [9.17, 15) is 9.90 Å². The Morgan fingerprint density at radius 2 is 1.84 bits per heavy atom. The van der Waals surface area contributed by atoms with E-state index < -0.39 is 5.60 Å². The quantitative estimate of drug-likeness (QED) is 0.717. The summed E-state index contributed by atoms with van der Waals surface area (Å²) in [4.78, 5) is 11.3. The van der Waals surface area contributed by atoms with Crippen LogP contribution in [0.1, 0.15) is 66.2 Å². The van der Waals surface area contributed by atoms with Crippen LogP contribution in [0, 0.1) is 28.6 Å². The van der Waals surface area contributed by atoms with Gasteiger partial charge in [0.25, 0.3) is 0 Å². The summed E-state index contributed by atoms with van der Waals surface area (Å²) in [6.45, 7) is 8.28. The molecule has 0 aromatic rings. The molecule has 0 aromatic heterocycles. The van der Waals surface area contributed by atoms with E-state index in [4.69, 9.17) is 4.74 Å². The van der Waals surface area contributed by atoms with E-state index in [0.717, 1.165) is 32.1 Å². The smallest absolute Gasteiger partial charge is 0.303 e. The Balaban J connectivity index is 1.66. The number of aliphatic hydroxyl groups is 1. The van der Waals surface area contributed by atoms with Gasteiger partial charge in [0.1, 0.15) is 6.10 Å². The van der Waals surface area contributed by atoms with Gasteiger partial charge in [0.2, 0.25) is 0 Å². The van der Waals surface area contributed by atoms with Crippen LogP contribution >= 0.6 is 0 Å². The van der Waals surface area contributed by atoms with Crippen molar-refractivity contribution in [3.05, 3.63) is 23.8 Å². The van der Waals surface area contributed by atoms with E-state index >= 15 is 0 Å². The molecule has 0 saturated heterocycles. The Morgan fingerprint density at radius 1 is 1.12 bits per heavy atom. The van der Waals surface area contributed by atoms with Gasteiger partial charge in [-0.15, -0.1) is 0 Å². The van der Waals surface area contributed by atoms with Crippen LogP contribution < -0.4 is 0 Å². The van der Waals surface area contributed by atoms with E-state index in [1.54, 1.807) is 0 Å². The third kappa shape index (κ3) is 2.38. The number of fused-ring (bicyclic) bond motifs is 5. The average Bonchev–Trinajstić information content (AvgIpc) is 2.77. The van der Waals surface area contributed by atoms with Gasteiger partial charge < -0.3 is 9.84 Å². The molecule has 4 aliphatic carbocycles. The van der Waals surface area contributed by atoms with Crippen molar-refractivity contribution in [2.45, 2.75) is 77.9 Å². The molecule has 0 radical (unpaired) electrons. The van der Waals surface area contributed by atoms with Crippen molar-refractivity contribution in [2.24, 2.45) is 28.6 Å². The maximum atomic E-state index is 11.3. The molecule has 0 bridgehead atoms. The molecular formula is C22H32O3. The molecule has 3 heteroatoms. The molecule has 0 unspecified atom stereocenters. The predicted molar refractivity (Wildman–Crippen MR) is 97.8 cm³/mol. The van der Waals surface area contributed by atoms with Crippen LogP contribution in [0.25, 0.3) is 0 Å². The Bertz CT molecular complexity index is 646. The summed E-state index contributed by atoms with van der Waals surface area (Å²) >= 11 is 0. The van der Waals surface area contributed by atoms with Gasteiger partial charge in [-0.05, 0) is 85.7 Å². The molecule has 0 aromatic carbocycles. The third-order valence-electron chi connectivity index (χ3n) is 8.50. The second-order valence-electron chi connectivity index (χ2n) is 9.64. The van der Waals surface area contributed by atoms with E-state index in [1.165, 1.54) is 18.9 Å². The zero-order valence-corrected chi connectivity index (χ0v) is 16.0. The highest BCUT2D eigenvalue weighted by atomic mass is 16.5. The summed E-state index contributed by atoms with van der Waals surface area (Å²) in [6.07, 6.45) is 13.2. The zero-order valence-electron chi connectivity index (χ0n) is 16.0. The average molecular weight is 344 g/mol. The summed E-state index contributed by atoms with van der Waals surface area (Å²) in [5, 5.41) is 11.0. The fraction of sp³-hybridized carbons (Fsp3) is 0.773. The van der Waals surface area contributed by atoms with Gasteiger partial charge in [-0.25, -0.2) is 0 Å². The van der Waals surface area contributed by atoms with Gasteiger partial charge in [0.05, 0.1) is 5.60 Å². The van der Waals surface area contributed by atoms with Crippen LogP contribution in [0.3, 0.4) is 0 Å². The van der Waals surface area contributed by atoms with E-state index in [2.05, 4.69) is 39.0 Å².